The first kappa shape index (κ1) is 15.5. The molecule has 6 heteroatoms. The molecule has 2 N–H and O–H groups in total. The summed E-state index contributed by atoms with van der Waals surface area (Å²) in [4.78, 5) is 37.1. The first-order chi connectivity index (χ1) is 11.1. The van der Waals surface area contributed by atoms with Crippen LogP contribution in [0.4, 0.5) is 10.5 Å². The van der Waals surface area contributed by atoms with Crippen LogP contribution in [0.15, 0.2) is 24.3 Å². The van der Waals surface area contributed by atoms with Crippen LogP contribution in [-0.2, 0) is 4.79 Å². The van der Waals surface area contributed by atoms with Crippen molar-refractivity contribution >= 4 is 23.5 Å². The molecule has 1 aliphatic heterocycles. The number of rotatable bonds is 3. The quantitative estimate of drug-likeness (QED) is 0.899. The lowest BCUT2D eigenvalue weighted by Crippen LogP contribution is -2.34. The number of nitrogens with one attached hydrogen (secondary N) is 2. The van der Waals surface area contributed by atoms with E-state index in [1.807, 2.05) is 0 Å². The number of carbonyl (C=O) groups is 3. The van der Waals surface area contributed by atoms with E-state index >= 15 is 0 Å². The normalized spacial score (nSPS) is 18.6. The maximum atomic E-state index is 12.2. The Hall–Kier alpha value is -2.37. The second-order valence-corrected chi connectivity index (χ2v) is 6.09. The number of urea groups is 1. The minimum absolute atomic E-state index is 0.0581. The number of benzene rings is 1. The van der Waals surface area contributed by atoms with Crippen LogP contribution >= 0.6 is 0 Å². The van der Waals surface area contributed by atoms with Gasteiger partial charge in [-0.3, -0.25) is 14.5 Å². The van der Waals surface area contributed by atoms with E-state index in [0.717, 1.165) is 25.7 Å². The molecule has 4 amide bonds. The number of carbonyl (C=O) groups excluding carboxylic acids is 3. The SMILES string of the molecule is O=C(Nc1ccc(C(=O)N2CCNC2=O)cc1)C1CCCCC1. The van der Waals surface area contributed by atoms with Crippen LogP contribution in [0.25, 0.3) is 0 Å². The molecule has 23 heavy (non-hydrogen) atoms. The van der Waals surface area contributed by atoms with Gasteiger partial charge in [-0.2, -0.15) is 0 Å². The van der Waals surface area contributed by atoms with Crippen molar-refractivity contribution in [1.29, 1.82) is 0 Å². The van der Waals surface area contributed by atoms with Gasteiger partial charge in [-0.05, 0) is 37.1 Å². The molecule has 0 radical (unpaired) electrons. The van der Waals surface area contributed by atoms with E-state index in [9.17, 15) is 14.4 Å². The summed E-state index contributed by atoms with van der Waals surface area (Å²) in [6.45, 7) is 0.873. The molecule has 0 atom stereocenters. The molecule has 6 nitrogen and oxygen atoms in total. The molecule has 1 aliphatic carbocycles. The fraction of sp³-hybridized carbons (Fsp3) is 0.471. The third-order valence-electron chi connectivity index (χ3n) is 4.48. The van der Waals surface area contributed by atoms with Crippen molar-refractivity contribution in [1.82, 2.24) is 10.2 Å². The second-order valence-electron chi connectivity index (χ2n) is 6.09. The fourth-order valence-electron chi connectivity index (χ4n) is 3.13. The largest absolute Gasteiger partial charge is 0.336 e. The molecule has 2 fully saturated rings. The Morgan fingerprint density at radius 2 is 1.78 bits per heavy atom. The van der Waals surface area contributed by atoms with Crippen molar-refractivity contribution in [3.05, 3.63) is 29.8 Å². The summed E-state index contributed by atoms with van der Waals surface area (Å²) in [7, 11) is 0. The van der Waals surface area contributed by atoms with Crippen LogP contribution in [0.3, 0.4) is 0 Å². The maximum Gasteiger partial charge on any atom is 0.324 e. The zero-order valence-corrected chi connectivity index (χ0v) is 13.0. The second kappa shape index (κ2) is 6.81. The molecule has 0 spiro atoms. The van der Waals surface area contributed by atoms with Crippen LogP contribution in [-0.4, -0.2) is 35.8 Å². The molecule has 0 bridgehead atoms. The molecule has 3 rings (SSSR count). The zero-order valence-electron chi connectivity index (χ0n) is 13.0. The van der Waals surface area contributed by atoms with Crippen molar-refractivity contribution in [3.8, 4) is 0 Å². The highest BCUT2D eigenvalue weighted by atomic mass is 16.2. The van der Waals surface area contributed by atoms with E-state index in [1.54, 1.807) is 24.3 Å². The van der Waals surface area contributed by atoms with E-state index in [-0.39, 0.29) is 23.8 Å². The third kappa shape index (κ3) is 3.52. The molecular weight excluding hydrogens is 294 g/mol. The van der Waals surface area contributed by atoms with Crippen LogP contribution in [0.5, 0.6) is 0 Å². The molecule has 0 unspecified atom stereocenters. The number of anilines is 1. The standard InChI is InChI=1S/C17H21N3O3/c21-15(12-4-2-1-3-5-12)19-14-8-6-13(7-9-14)16(22)20-11-10-18-17(20)23/h6-9,12H,1-5,10-11H2,(H,18,23)(H,19,21). The fourth-order valence-corrected chi connectivity index (χ4v) is 3.13. The molecule has 1 saturated carbocycles. The predicted molar refractivity (Wildman–Crippen MR) is 86.1 cm³/mol. The van der Waals surface area contributed by atoms with Gasteiger partial charge < -0.3 is 10.6 Å². The Labute approximate surface area is 135 Å². The minimum Gasteiger partial charge on any atom is -0.336 e. The van der Waals surface area contributed by atoms with Gasteiger partial charge in [0.2, 0.25) is 5.91 Å². The van der Waals surface area contributed by atoms with Gasteiger partial charge in [0.05, 0.1) is 0 Å². The molecule has 1 saturated heterocycles. The number of hydrogen-bond donors (Lipinski definition) is 2. The topological polar surface area (TPSA) is 78.5 Å². The third-order valence-corrected chi connectivity index (χ3v) is 4.48. The maximum absolute atomic E-state index is 12.2. The van der Waals surface area contributed by atoms with Gasteiger partial charge in [-0.15, -0.1) is 0 Å². The monoisotopic (exact) mass is 315 g/mol. The summed E-state index contributed by atoms with van der Waals surface area (Å²) in [5.41, 5.74) is 1.13. The number of hydrogen-bond acceptors (Lipinski definition) is 3. The van der Waals surface area contributed by atoms with Crippen molar-refractivity contribution in [2.75, 3.05) is 18.4 Å². The summed E-state index contributed by atoms with van der Waals surface area (Å²) in [5, 5.41) is 5.52. The Morgan fingerprint density at radius 1 is 1.09 bits per heavy atom. The van der Waals surface area contributed by atoms with Gasteiger partial charge in [0, 0.05) is 30.3 Å². The van der Waals surface area contributed by atoms with Gasteiger partial charge >= 0.3 is 6.03 Å². The van der Waals surface area contributed by atoms with E-state index < -0.39 is 0 Å². The van der Waals surface area contributed by atoms with Gasteiger partial charge in [-0.1, -0.05) is 19.3 Å². The number of nitrogens with zero attached hydrogens (tertiary/aromatic N) is 1. The summed E-state index contributed by atoms with van der Waals surface area (Å²) in [6, 6.07) is 6.35. The molecule has 1 aromatic carbocycles. The summed E-state index contributed by atoms with van der Waals surface area (Å²) in [6.07, 6.45) is 5.34. The molecule has 0 aromatic heterocycles. The highest BCUT2D eigenvalue weighted by molar-refractivity contribution is 6.05. The van der Waals surface area contributed by atoms with Crippen molar-refractivity contribution in [2.45, 2.75) is 32.1 Å². The Morgan fingerprint density at radius 3 is 2.39 bits per heavy atom. The predicted octanol–water partition coefficient (Wildman–Crippen LogP) is 2.37. The van der Waals surface area contributed by atoms with Crippen molar-refractivity contribution in [2.24, 2.45) is 5.92 Å². The van der Waals surface area contributed by atoms with Crippen LogP contribution in [0.1, 0.15) is 42.5 Å². The molecule has 1 aromatic rings. The van der Waals surface area contributed by atoms with Crippen molar-refractivity contribution in [3.63, 3.8) is 0 Å². The number of amides is 4. The van der Waals surface area contributed by atoms with Crippen LogP contribution in [0.2, 0.25) is 0 Å². The average Bonchev–Trinajstić information content (AvgIpc) is 3.02. The first-order valence-corrected chi connectivity index (χ1v) is 8.16. The van der Waals surface area contributed by atoms with Crippen LogP contribution < -0.4 is 10.6 Å². The number of imide groups is 1. The Balaban J connectivity index is 1.61. The summed E-state index contributed by atoms with van der Waals surface area (Å²) < 4.78 is 0. The zero-order chi connectivity index (χ0) is 16.2. The van der Waals surface area contributed by atoms with Crippen LogP contribution in [0, 0.1) is 5.92 Å². The van der Waals surface area contributed by atoms with E-state index in [0.29, 0.717) is 24.3 Å². The smallest absolute Gasteiger partial charge is 0.324 e. The molecule has 1 heterocycles. The molecule has 122 valence electrons. The molecule has 2 aliphatic rings. The lowest BCUT2D eigenvalue weighted by Gasteiger charge is -2.20. The van der Waals surface area contributed by atoms with E-state index in [2.05, 4.69) is 10.6 Å². The minimum atomic E-state index is -0.357. The summed E-state index contributed by atoms with van der Waals surface area (Å²) >= 11 is 0. The van der Waals surface area contributed by atoms with Crippen molar-refractivity contribution < 1.29 is 14.4 Å². The van der Waals surface area contributed by atoms with E-state index in [4.69, 9.17) is 0 Å². The first-order valence-electron chi connectivity index (χ1n) is 8.16. The van der Waals surface area contributed by atoms with Gasteiger partial charge in [0.1, 0.15) is 0 Å². The lowest BCUT2D eigenvalue weighted by atomic mass is 9.88. The Bertz CT molecular complexity index is 606. The molecular formula is C17H21N3O3. The van der Waals surface area contributed by atoms with Gasteiger partial charge in [0.15, 0.2) is 0 Å². The Kier molecular flexibility index (Phi) is 4.60. The highest BCUT2D eigenvalue weighted by Gasteiger charge is 2.27. The summed E-state index contributed by atoms with van der Waals surface area (Å²) in [5.74, 6) is -0.161. The van der Waals surface area contributed by atoms with Gasteiger partial charge in [-0.25, -0.2) is 4.79 Å². The van der Waals surface area contributed by atoms with E-state index in [1.165, 1.54) is 11.3 Å². The lowest BCUT2D eigenvalue weighted by molar-refractivity contribution is -0.120. The van der Waals surface area contributed by atoms with Gasteiger partial charge in [0.25, 0.3) is 5.91 Å². The average molecular weight is 315 g/mol. The highest BCUT2D eigenvalue weighted by Crippen LogP contribution is 2.25.